The summed E-state index contributed by atoms with van der Waals surface area (Å²) >= 11 is 0. The number of nitrogens with zero attached hydrogens (tertiary/aromatic N) is 1. The monoisotopic (exact) mass is 508 g/mol. The van der Waals surface area contributed by atoms with Crippen molar-refractivity contribution in [1.29, 1.82) is 0 Å². The van der Waals surface area contributed by atoms with Crippen molar-refractivity contribution in [1.82, 2.24) is 9.62 Å². The van der Waals surface area contributed by atoms with Gasteiger partial charge in [0.2, 0.25) is 5.91 Å². The summed E-state index contributed by atoms with van der Waals surface area (Å²) in [5.74, 6) is 0.200. The van der Waals surface area contributed by atoms with E-state index < -0.39 is 17.0 Å². The zero-order valence-electron chi connectivity index (χ0n) is 21.0. The van der Waals surface area contributed by atoms with Gasteiger partial charge in [-0.05, 0) is 71.3 Å². The summed E-state index contributed by atoms with van der Waals surface area (Å²) in [6, 6.07) is 21.2. The Balaban J connectivity index is 1.31. The number of hydrogen-bond acceptors (Lipinski definition) is 3. The van der Waals surface area contributed by atoms with E-state index in [1.54, 1.807) is 4.31 Å². The third kappa shape index (κ3) is 6.59. The Labute approximate surface area is 215 Å². The molecular formula is C29H33FN2O3S. The molecule has 190 valence electrons. The molecule has 3 aromatic rings. The Morgan fingerprint density at radius 3 is 2.47 bits per heavy atom. The van der Waals surface area contributed by atoms with Crippen LogP contribution in [-0.4, -0.2) is 27.0 Å². The summed E-state index contributed by atoms with van der Waals surface area (Å²) in [4.78, 5) is 13.4. The SMILES string of the molecule is CC(C)(C)c1ccc(COc2cccc(CNC(=O)[C@@H]3CCCN3S(=O)c3ccc(F)cc3)c2)cc1. The number of amides is 1. The number of hydrogen-bond donors (Lipinski definition) is 1. The molecule has 5 nitrogen and oxygen atoms in total. The Morgan fingerprint density at radius 2 is 1.78 bits per heavy atom. The molecule has 36 heavy (non-hydrogen) atoms. The van der Waals surface area contributed by atoms with Crippen molar-refractivity contribution >= 4 is 16.9 Å². The summed E-state index contributed by atoms with van der Waals surface area (Å²) in [6.07, 6.45) is 1.42. The van der Waals surface area contributed by atoms with Gasteiger partial charge in [0.15, 0.2) is 0 Å². The molecule has 0 aliphatic carbocycles. The largest absolute Gasteiger partial charge is 0.489 e. The molecule has 1 N–H and O–H groups in total. The average molecular weight is 509 g/mol. The predicted octanol–water partition coefficient (Wildman–Crippen LogP) is 5.51. The van der Waals surface area contributed by atoms with Crippen LogP contribution in [0.5, 0.6) is 5.75 Å². The fraction of sp³-hybridized carbons (Fsp3) is 0.345. The smallest absolute Gasteiger partial charge is 0.238 e. The summed E-state index contributed by atoms with van der Waals surface area (Å²) in [6.45, 7) is 7.95. The molecule has 1 aliphatic heterocycles. The Kier molecular flexibility index (Phi) is 8.21. The third-order valence-electron chi connectivity index (χ3n) is 6.33. The molecule has 1 unspecified atom stereocenters. The van der Waals surface area contributed by atoms with Gasteiger partial charge < -0.3 is 10.1 Å². The fourth-order valence-corrected chi connectivity index (χ4v) is 5.57. The second-order valence-corrected chi connectivity index (χ2v) is 11.5. The average Bonchev–Trinajstić information content (AvgIpc) is 3.36. The minimum atomic E-state index is -1.51. The Bertz CT molecular complexity index is 1210. The van der Waals surface area contributed by atoms with Gasteiger partial charge in [-0.15, -0.1) is 0 Å². The van der Waals surface area contributed by atoms with Crippen molar-refractivity contribution < 1.29 is 18.1 Å². The van der Waals surface area contributed by atoms with Crippen LogP contribution < -0.4 is 10.1 Å². The van der Waals surface area contributed by atoms with Crippen molar-refractivity contribution in [2.75, 3.05) is 6.54 Å². The summed E-state index contributed by atoms with van der Waals surface area (Å²) in [5, 5.41) is 2.98. The second kappa shape index (κ2) is 11.4. The highest BCUT2D eigenvalue weighted by molar-refractivity contribution is 7.82. The van der Waals surface area contributed by atoms with Crippen LogP contribution in [0.1, 0.15) is 50.3 Å². The molecule has 0 saturated carbocycles. The Hall–Kier alpha value is -3.03. The van der Waals surface area contributed by atoms with E-state index in [9.17, 15) is 13.4 Å². The molecule has 0 spiro atoms. The Morgan fingerprint density at radius 1 is 1.06 bits per heavy atom. The van der Waals surface area contributed by atoms with E-state index in [1.807, 2.05) is 24.3 Å². The van der Waals surface area contributed by atoms with Crippen LogP contribution in [-0.2, 0) is 34.3 Å². The normalized spacial score (nSPS) is 17.1. The van der Waals surface area contributed by atoms with E-state index in [0.717, 1.165) is 23.3 Å². The second-order valence-electron chi connectivity index (χ2n) is 10.1. The van der Waals surface area contributed by atoms with Crippen LogP contribution in [0, 0.1) is 5.82 Å². The molecular weight excluding hydrogens is 475 g/mol. The first-order chi connectivity index (χ1) is 17.2. The quantitative estimate of drug-likeness (QED) is 0.437. The van der Waals surface area contributed by atoms with Crippen LogP contribution in [0.4, 0.5) is 4.39 Å². The molecule has 1 fully saturated rings. The molecule has 1 heterocycles. The molecule has 1 amide bonds. The molecule has 1 saturated heterocycles. The third-order valence-corrected chi connectivity index (χ3v) is 7.86. The standard InChI is InChI=1S/C29H33FN2O3S/c1-29(2,3)23-11-9-21(10-12-23)20-35-25-7-4-6-22(18-25)19-31-28(33)27-8-5-17-32(27)36(34)26-15-13-24(30)14-16-26/h4,6-7,9-16,18,27H,5,8,17,19-20H2,1-3H3,(H,31,33)/t27-,36?/m0/s1. The molecule has 0 bridgehead atoms. The van der Waals surface area contributed by atoms with E-state index in [0.29, 0.717) is 31.0 Å². The van der Waals surface area contributed by atoms with Crippen LogP contribution in [0.2, 0.25) is 0 Å². The lowest BCUT2D eigenvalue weighted by molar-refractivity contribution is -0.124. The van der Waals surface area contributed by atoms with Crippen molar-refractivity contribution in [2.24, 2.45) is 0 Å². The maximum Gasteiger partial charge on any atom is 0.238 e. The van der Waals surface area contributed by atoms with Gasteiger partial charge in [0.25, 0.3) is 0 Å². The highest BCUT2D eigenvalue weighted by Gasteiger charge is 2.34. The van der Waals surface area contributed by atoms with E-state index in [2.05, 4.69) is 50.4 Å². The summed E-state index contributed by atoms with van der Waals surface area (Å²) in [5.41, 5.74) is 3.42. The van der Waals surface area contributed by atoms with Gasteiger partial charge >= 0.3 is 0 Å². The first-order valence-electron chi connectivity index (χ1n) is 12.2. The number of carbonyl (C=O) groups is 1. The predicted molar refractivity (Wildman–Crippen MR) is 140 cm³/mol. The lowest BCUT2D eigenvalue weighted by atomic mass is 9.87. The van der Waals surface area contributed by atoms with E-state index in [1.165, 1.54) is 29.8 Å². The van der Waals surface area contributed by atoms with Gasteiger partial charge in [-0.1, -0.05) is 57.2 Å². The minimum Gasteiger partial charge on any atom is -0.489 e. The van der Waals surface area contributed by atoms with Crippen molar-refractivity contribution in [3.63, 3.8) is 0 Å². The summed E-state index contributed by atoms with van der Waals surface area (Å²) < 4.78 is 33.9. The number of rotatable bonds is 8. The topological polar surface area (TPSA) is 58.6 Å². The van der Waals surface area contributed by atoms with E-state index >= 15 is 0 Å². The molecule has 4 rings (SSSR count). The van der Waals surface area contributed by atoms with E-state index in [4.69, 9.17) is 4.74 Å². The van der Waals surface area contributed by atoms with Crippen LogP contribution in [0.15, 0.2) is 77.7 Å². The van der Waals surface area contributed by atoms with Crippen LogP contribution in [0.3, 0.4) is 0 Å². The molecule has 3 aromatic carbocycles. The first kappa shape index (κ1) is 26.0. The number of ether oxygens (including phenoxy) is 1. The molecule has 0 aromatic heterocycles. The van der Waals surface area contributed by atoms with Crippen molar-refractivity contribution in [3.8, 4) is 5.75 Å². The number of nitrogens with one attached hydrogen (secondary N) is 1. The number of benzene rings is 3. The van der Waals surface area contributed by atoms with Crippen LogP contribution in [0.25, 0.3) is 0 Å². The highest BCUT2D eigenvalue weighted by Crippen LogP contribution is 2.25. The van der Waals surface area contributed by atoms with E-state index in [-0.39, 0.29) is 17.1 Å². The van der Waals surface area contributed by atoms with Gasteiger partial charge in [0.05, 0.1) is 4.90 Å². The van der Waals surface area contributed by atoms with Crippen molar-refractivity contribution in [3.05, 3.63) is 95.3 Å². The molecule has 0 radical (unpaired) electrons. The first-order valence-corrected chi connectivity index (χ1v) is 13.3. The van der Waals surface area contributed by atoms with Crippen LogP contribution >= 0.6 is 0 Å². The van der Waals surface area contributed by atoms with Gasteiger partial charge in [-0.3, -0.25) is 4.79 Å². The summed E-state index contributed by atoms with van der Waals surface area (Å²) in [7, 11) is -1.51. The van der Waals surface area contributed by atoms with Crippen molar-refractivity contribution in [2.45, 2.75) is 63.1 Å². The highest BCUT2D eigenvalue weighted by atomic mass is 32.2. The number of carbonyl (C=O) groups excluding carboxylic acids is 1. The zero-order chi connectivity index (χ0) is 25.7. The lowest BCUT2D eigenvalue weighted by Crippen LogP contribution is -2.43. The molecule has 7 heteroatoms. The zero-order valence-corrected chi connectivity index (χ0v) is 21.8. The minimum absolute atomic E-state index is 0.115. The molecule has 2 atom stereocenters. The number of halogens is 1. The fourth-order valence-electron chi connectivity index (χ4n) is 4.21. The van der Waals surface area contributed by atoms with Gasteiger partial charge in [0, 0.05) is 13.1 Å². The molecule has 1 aliphatic rings. The lowest BCUT2D eigenvalue weighted by Gasteiger charge is -2.22. The maximum absolute atomic E-state index is 13.2. The maximum atomic E-state index is 13.2. The van der Waals surface area contributed by atoms with Gasteiger partial charge in [-0.2, -0.15) is 0 Å². The van der Waals surface area contributed by atoms with Gasteiger partial charge in [-0.25, -0.2) is 12.9 Å². The van der Waals surface area contributed by atoms with Gasteiger partial charge in [0.1, 0.15) is 35.2 Å².